The summed E-state index contributed by atoms with van der Waals surface area (Å²) in [5.74, 6) is -0.0113. The summed E-state index contributed by atoms with van der Waals surface area (Å²) in [4.78, 5) is 12.1. The highest BCUT2D eigenvalue weighted by molar-refractivity contribution is 5.94. The smallest absolute Gasteiger partial charge is 0.251 e. The van der Waals surface area contributed by atoms with Gasteiger partial charge in [0.25, 0.3) is 5.91 Å². The Morgan fingerprint density at radius 2 is 1.61 bits per heavy atom. The molecule has 0 unspecified atom stereocenters. The van der Waals surface area contributed by atoms with Crippen LogP contribution in [-0.2, 0) is 11.8 Å². The molecule has 0 aliphatic rings. The Morgan fingerprint density at radius 3 is 2.17 bits per heavy atom. The highest BCUT2D eigenvalue weighted by Gasteiger charge is 2.14. The molecule has 122 valence electrons. The molecule has 3 N–H and O–H groups in total. The summed E-state index contributed by atoms with van der Waals surface area (Å²) in [6, 6.07) is 15.7. The van der Waals surface area contributed by atoms with Crippen molar-refractivity contribution in [2.75, 3.05) is 12.3 Å². The van der Waals surface area contributed by atoms with Gasteiger partial charge in [0.2, 0.25) is 0 Å². The molecule has 0 aliphatic carbocycles. The van der Waals surface area contributed by atoms with Crippen LogP contribution in [0.4, 0.5) is 5.69 Å². The fraction of sp³-hybridized carbons (Fsp3) is 0.350. The third kappa shape index (κ3) is 5.13. The van der Waals surface area contributed by atoms with Gasteiger partial charge in [0, 0.05) is 17.8 Å². The van der Waals surface area contributed by atoms with Crippen LogP contribution in [0.1, 0.15) is 48.7 Å². The molecular formula is C20H26N2O. The number of carbonyl (C=O) groups excluding carboxylic acids is 1. The van der Waals surface area contributed by atoms with E-state index in [1.165, 1.54) is 11.1 Å². The van der Waals surface area contributed by atoms with Crippen LogP contribution >= 0.6 is 0 Å². The third-order valence-electron chi connectivity index (χ3n) is 3.92. The first-order valence-electron chi connectivity index (χ1n) is 8.09. The van der Waals surface area contributed by atoms with E-state index in [2.05, 4.69) is 26.1 Å². The van der Waals surface area contributed by atoms with Crippen LogP contribution in [0.3, 0.4) is 0 Å². The number of nitrogens with one attached hydrogen (secondary N) is 1. The van der Waals surface area contributed by atoms with Gasteiger partial charge in [0.05, 0.1) is 0 Å². The standard InChI is InChI=1S/C20H26N2O/c1-20(2,3)17-10-8-16(9-11-17)19(23)22-14-4-5-15-6-12-18(21)13-7-15/h6-13H,4-5,14,21H2,1-3H3,(H,22,23). The fourth-order valence-corrected chi connectivity index (χ4v) is 2.40. The molecule has 3 heteroatoms. The van der Waals surface area contributed by atoms with Crippen molar-refractivity contribution in [3.05, 3.63) is 65.2 Å². The second kappa shape index (κ2) is 7.32. The third-order valence-corrected chi connectivity index (χ3v) is 3.92. The number of amides is 1. The maximum Gasteiger partial charge on any atom is 0.251 e. The van der Waals surface area contributed by atoms with Crippen LogP contribution in [0.15, 0.2) is 48.5 Å². The van der Waals surface area contributed by atoms with Gasteiger partial charge in [-0.3, -0.25) is 4.79 Å². The maximum absolute atomic E-state index is 12.1. The summed E-state index contributed by atoms with van der Waals surface area (Å²) in [7, 11) is 0. The zero-order chi connectivity index (χ0) is 16.9. The van der Waals surface area contributed by atoms with Crippen LogP contribution in [0.5, 0.6) is 0 Å². The van der Waals surface area contributed by atoms with Crippen molar-refractivity contribution in [2.45, 2.75) is 39.0 Å². The molecule has 0 heterocycles. The summed E-state index contributed by atoms with van der Waals surface area (Å²) in [5, 5.41) is 2.98. The van der Waals surface area contributed by atoms with Crippen LogP contribution in [0.25, 0.3) is 0 Å². The van der Waals surface area contributed by atoms with Crippen LogP contribution in [-0.4, -0.2) is 12.5 Å². The van der Waals surface area contributed by atoms with E-state index in [9.17, 15) is 4.79 Å². The lowest BCUT2D eigenvalue weighted by Gasteiger charge is -2.19. The van der Waals surface area contributed by atoms with E-state index < -0.39 is 0 Å². The minimum absolute atomic E-state index is 0.0113. The van der Waals surface area contributed by atoms with Crippen LogP contribution < -0.4 is 11.1 Å². The minimum Gasteiger partial charge on any atom is -0.399 e. The Morgan fingerprint density at radius 1 is 1.00 bits per heavy atom. The Hall–Kier alpha value is -2.29. The Kier molecular flexibility index (Phi) is 5.43. The largest absolute Gasteiger partial charge is 0.399 e. The van der Waals surface area contributed by atoms with Crippen molar-refractivity contribution >= 4 is 11.6 Å². The molecule has 1 amide bonds. The monoisotopic (exact) mass is 310 g/mol. The molecule has 0 atom stereocenters. The summed E-state index contributed by atoms with van der Waals surface area (Å²) in [6.45, 7) is 7.17. The zero-order valence-corrected chi connectivity index (χ0v) is 14.2. The first kappa shape index (κ1) is 17.1. The number of nitrogens with two attached hydrogens (primary N) is 1. The predicted octanol–water partition coefficient (Wildman–Crippen LogP) is 3.93. The molecule has 2 aromatic rings. The van der Waals surface area contributed by atoms with E-state index in [1.54, 1.807) is 0 Å². The number of hydrogen-bond acceptors (Lipinski definition) is 2. The lowest BCUT2D eigenvalue weighted by atomic mass is 9.87. The van der Waals surface area contributed by atoms with Crippen molar-refractivity contribution in [3.8, 4) is 0 Å². The molecule has 0 aliphatic heterocycles. The number of rotatable bonds is 5. The number of carbonyl (C=O) groups is 1. The molecular weight excluding hydrogens is 284 g/mol. The SMILES string of the molecule is CC(C)(C)c1ccc(C(=O)NCCCc2ccc(N)cc2)cc1. The average molecular weight is 310 g/mol. The Balaban J connectivity index is 1.79. The van der Waals surface area contributed by atoms with Gasteiger partial charge in [-0.25, -0.2) is 0 Å². The molecule has 0 radical (unpaired) electrons. The van der Waals surface area contributed by atoms with Gasteiger partial charge in [-0.05, 0) is 53.6 Å². The Bertz CT molecular complexity index is 637. The molecule has 3 nitrogen and oxygen atoms in total. The summed E-state index contributed by atoms with van der Waals surface area (Å²) < 4.78 is 0. The molecule has 0 fully saturated rings. The fourth-order valence-electron chi connectivity index (χ4n) is 2.40. The molecule has 2 rings (SSSR count). The second-order valence-electron chi connectivity index (χ2n) is 6.93. The number of nitrogen functional groups attached to an aromatic ring is 1. The minimum atomic E-state index is -0.0113. The van der Waals surface area contributed by atoms with Gasteiger partial charge in [-0.2, -0.15) is 0 Å². The number of aryl methyl sites for hydroxylation is 1. The van der Waals surface area contributed by atoms with Gasteiger partial charge >= 0.3 is 0 Å². The van der Waals surface area contributed by atoms with Gasteiger partial charge < -0.3 is 11.1 Å². The molecule has 0 spiro atoms. The van der Waals surface area contributed by atoms with E-state index in [0.29, 0.717) is 12.1 Å². The van der Waals surface area contributed by atoms with Gasteiger partial charge in [-0.1, -0.05) is 45.0 Å². The highest BCUT2D eigenvalue weighted by Crippen LogP contribution is 2.22. The van der Waals surface area contributed by atoms with Gasteiger partial charge in [0.1, 0.15) is 0 Å². The van der Waals surface area contributed by atoms with Crippen molar-refractivity contribution in [2.24, 2.45) is 0 Å². The topological polar surface area (TPSA) is 55.1 Å². The molecule has 0 bridgehead atoms. The van der Waals surface area contributed by atoms with Crippen molar-refractivity contribution < 1.29 is 4.79 Å². The van der Waals surface area contributed by atoms with Crippen molar-refractivity contribution in [3.63, 3.8) is 0 Å². The van der Waals surface area contributed by atoms with Crippen LogP contribution in [0, 0.1) is 0 Å². The molecule has 0 aromatic heterocycles. The quantitative estimate of drug-likeness (QED) is 0.649. The van der Waals surface area contributed by atoms with Crippen LogP contribution in [0.2, 0.25) is 0 Å². The first-order chi connectivity index (χ1) is 10.9. The second-order valence-corrected chi connectivity index (χ2v) is 6.93. The van der Waals surface area contributed by atoms with E-state index >= 15 is 0 Å². The average Bonchev–Trinajstić information content (AvgIpc) is 2.52. The van der Waals surface area contributed by atoms with Crippen molar-refractivity contribution in [1.29, 1.82) is 0 Å². The van der Waals surface area contributed by atoms with E-state index in [1.807, 2.05) is 48.5 Å². The highest BCUT2D eigenvalue weighted by atomic mass is 16.1. The number of anilines is 1. The molecule has 2 aromatic carbocycles. The molecule has 23 heavy (non-hydrogen) atoms. The molecule has 0 saturated carbocycles. The summed E-state index contributed by atoms with van der Waals surface area (Å²) in [5.41, 5.74) is 9.74. The van der Waals surface area contributed by atoms with Gasteiger partial charge in [0.15, 0.2) is 0 Å². The van der Waals surface area contributed by atoms with E-state index in [-0.39, 0.29) is 11.3 Å². The first-order valence-corrected chi connectivity index (χ1v) is 8.09. The van der Waals surface area contributed by atoms with E-state index in [4.69, 9.17) is 5.73 Å². The summed E-state index contributed by atoms with van der Waals surface area (Å²) >= 11 is 0. The number of benzene rings is 2. The maximum atomic E-state index is 12.1. The van der Waals surface area contributed by atoms with Gasteiger partial charge in [-0.15, -0.1) is 0 Å². The number of hydrogen-bond donors (Lipinski definition) is 2. The van der Waals surface area contributed by atoms with E-state index in [0.717, 1.165) is 18.5 Å². The zero-order valence-electron chi connectivity index (χ0n) is 14.2. The summed E-state index contributed by atoms with van der Waals surface area (Å²) in [6.07, 6.45) is 1.85. The Labute approximate surface area is 138 Å². The normalized spacial score (nSPS) is 11.3. The lowest BCUT2D eigenvalue weighted by molar-refractivity contribution is 0.0953. The predicted molar refractivity (Wildman–Crippen MR) is 96.7 cm³/mol. The van der Waals surface area contributed by atoms with Crippen molar-refractivity contribution in [1.82, 2.24) is 5.32 Å². The lowest BCUT2D eigenvalue weighted by Crippen LogP contribution is -2.25. The molecule has 0 saturated heterocycles.